The van der Waals surface area contributed by atoms with Crippen molar-refractivity contribution < 1.29 is 19.1 Å². The first kappa shape index (κ1) is 18.5. The Hall–Kier alpha value is -2.89. The van der Waals surface area contributed by atoms with Crippen LogP contribution in [0.4, 0.5) is 5.69 Å². The van der Waals surface area contributed by atoms with Gasteiger partial charge in [0.05, 0.1) is 18.7 Å². The fraction of sp³-hybridized carbons (Fsp3) is 0.211. The zero-order valence-corrected chi connectivity index (χ0v) is 14.0. The van der Waals surface area contributed by atoms with Crippen molar-refractivity contribution in [3.63, 3.8) is 0 Å². The molecule has 0 aliphatic carbocycles. The van der Waals surface area contributed by atoms with Crippen molar-refractivity contribution in [3.05, 3.63) is 59.7 Å². The summed E-state index contributed by atoms with van der Waals surface area (Å²) in [5.74, 6) is -1.03. The molecule has 1 N–H and O–H groups in total. The number of ether oxygens (including phenoxy) is 1. The fourth-order valence-electron chi connectivity index (χ4n) is 2.29. The Labute approximate surface area is 147 Å². The normalized spacial score (nSPS) is 10.1. The molecule has 0 fully saturated rings. The Morgan fingerprint density at radius 3 is 2.52 bits per heavy atom. The van der Waals surface area contributed by atoms with Gasteiger partial charge in [0.1, 0.15) is 7.85 Å². The summed E-state index contributed by atoms with van der Waals surface area (Å²) in [5.41, 5.74) is 1.68. The summed E-state index contributed by atoms with van der Waals surface area (Å²) in [6, 6.07) is 13.3. The van der Waals surface area contributed by atoms with Crippen LogP contribution in [0.3, 0.4) is 0 Å². The number of amides is 1. The SMILES string of the molecule is [B]c1cccc(C(=O)c2ccccc2NC(=O)CCC(=O)OCC)c1. The molecule has 0 saturated heterocycles. The van der Waals surface area contributed by atoms with Crippen molar-refractivity contribution in [1.29, 1.82) is 0 Å². The predicted octanol–water partition coefficient (Wildman–Crippen LogP) is 1.99. The second-order valence-electron chi connectivity index (χ2n) is 5.35. The van der Waals surface area contributed by atoms with Crippen molar-refractivity contribution in [2.45, 2.75) is 19.8 Å². The Morgan fingerprint density at radius 2 is 1.80 bits per heavy atom. The van der Waals surface area contributed by atoms with Crippen LogP contribution in [0.15, 0.2) is 48.5 Å². The zero-order valence-electron chi connectivity index (χ0n) is 14.0. The maximum atomic E-state index is 12.7. The van der Waals surface area contributed by atoms with Crippen LogP contribution < -0.4 is 10.8 Å². The van der Waals surface area contributed by atoms with E-state index in [0.29, 0.717) is 22.3 Å². The molecule has 0 unspecified atom stereocenters. The van der Waals surface area contributed by atoms with Crippen molar-refractivity contribution >= 4 is 36.7 Å². The summed E-state index contributed by atoms with van der Waals surface area (Å²) in [6.45, 7) is 1.98. The predicted molar refractivity (Wildman–Crippen MR) is 96.2 cm³/mol. The third-order valence-electron chi connectivity index (χ3n) is 3.46. The number of hydrogen-bond donors (Lipinski definition) is 1. The van der Waals surface area contributed by atoms with E-state index in [9.17, 15) is 14.4 Å². The van der Waals surface area contributed by atoms with Crippen LogP contribution in [0.5, 0.6) is 0 Å². The standard InChI is InChI=1S/C19H18BNO4/c1-2-25-18(23)11-10-17(22)21-16-9-4-3-8-15(16)19(24)13-6-5-7-14(20)12-13/h3-9,12H,2,10-11H2,1H3,(H,21,22). The lowest BCUT2D eigenvalue weighted by Gasteiger charge is -2.11. The quantitative estimate of drug-likeness (QED) is 0.477. The molecular weight excluding hydrogens is 317 g/mol. The van der Waals surface area contributed by atoms with E-state index in [0.717, 1.165) is 0 Å². The molecule has 1 amide bonds. The van der Waals surface area contributed by atoms with Crippen LogP contribution in [-0.4, -0.2) is 32.1 Å². The molecule has 0 aliphatic rings. The van der Waals surface area contributed by atoms with Gasteiger partial charge in [-0.1, -0.05) is 41.9 Å². The van der Waals surface area contributed by atoms with Crippen molar-refractivity contribution in [2.24, 2.45) is 0 Å². The number of hydrogen-bond acceptors (Lipinski definition) is 4. The zero-order chi connectivity index (χ0) is 18.2. The lowest BCUT2D eigenvalue weighted by molar-refractivity contribution is -0.144. The van der Waals surface area contributed by atoms with Gasteiger partial charge >= 0.3 is 5.97 Å². The van der Waals surface area contributed by atoms with Gasteiger partial charge in [-0.05, 0) is 19.1 Å². The Kier molecular flexibility index (Phi) is 6.51. The number of esters is 1. The first-order valence-corrected chi connectivity index (χ1v) is 7.96. The molecule has 2 aromatic rings. The van der Waals surface area contributed by atoms with E-state index in [-0.39, 0.29) is 31.1 Å². The Balaban J connectivity index is 2.11. The van der Waals surface area contributed by atoms with Crippen molar-refractivity contribution in [2.75, 3.05) is 11.9 Å². The van der Waals surface area contributed by atoms with E-state index >= 15 is 0 Å². The molecule has 0 spiro atoms. The number of para-hydroxylation sites is 1. The maximum Gasteiger partial charge on any atom is 0.306 e. The van der Waals surface area contributed by atoms with Crippen LogP contribution >= 0.6 is 0 Å². The van der Waals surface area contributed by atoms with E-state index in [1.807, 2.05) is 0 Å². The van der Waals surface area contributed by atoms with Crippen molar-refractivity contribution in [3.8, 4) is 0 Å². The highest BCUT2D eigenvalue weighted by Crippen LogP contribution is 2.19. The van der Waals surface area contributed by atoms with E-state index in [2.05, 4.69) is 5.32 Å². The first-order chi connectivity index (χ1) is 12.0. The number of carbonyl (C=O) groups is 3. The topological polar surface area (TPSA) is 72.5 Å². The molecule has 126 valence electrons. The van der Waals surface area contributed by atoms with E-state index in [1.165, 1.54) is 0 Å². The molecule has 0 aromatic heterocycles. The van der Waals surface area contributed by atoms with Crippen LogP contribution in [0, 0.1) is 0 Å². The minimum absolute atomic E-state index is 0.00892. The molecule has 0 bridgehead atoms. The number of nitrogens with one attached hydrogen (secondary N) is 1. The summed E-state index contributed by atoms with van der Waals surface area (Å²) in [7, 11) is 5.72. The summed E-state index contributed by atoms with van der Waals surface area (Å²) < 4.78 is 4.79. The molecule has 6 heteroatoms. The minimum Gasteiger partial charge on any atom is -0.466 e. The number of ketones is 1. The smallest absolute Gasteiger partial charge is 0.306 e. The Morgan fingerprint density at radius 1 is 1.04 bits per heavy atom. The van der Waals surface area contributed by atoms with Crippen LogP contribution in [0.2, 0.25) is 0 Å². The lowest BCUT2D eigenvalue weighted by atomic mass is 9.92. The van der Waals surface area contributed by atoms with Gasteiger partial charge in [-0.3, -0.25) is 14.4 Å². The number of carbonyl (C=O) groups excluding carboxylic acids is 3. The fourth-order valence-corrected chi connectivity index (χ4v) is 2.29. The van der Waals surface area contributed by atoms with Gasteiger partial charge in [0, 0.05) is 17.5 Å². The van der Waals surface area contributed by atoms with Gasteiger partial charge in [-0.15, -0.1) is 0 Å². The van der Waals surface area contributed by atoms with Gasteiger partial charge in [-0.25, -0.2) is 0 Å². The monoisotopic (exact) mass is 335 g/mol. The van der Waals surface area contributed by atoms with Gasteiger partial charge < -0.3 is 10.1 Å². The summed E-state index contributed by atoms with van der Waals surface area (Å²) in [6.07, 6.45) is -0.0232. The number of benzene rings is 2. The first-order valence-electron chi connectivity index (χ1n) is 7.96. The Bertz CT molecular complexity index is 788. The summed E-state index contributed by atoms with van der Waals surface area (Å²) in [4.78, 5) is 36.0. The third kappa shape index (κ3) is 5.31. The average molecular weight is 335 g/mol. The van der Waals surface area contributed by atoms with Gasteiger partial charge in [0.2, 0.25) is 5.91 Å². The minimum atomic E-state index is -0.429. The molecule has 2 radical (unpaired) electrons. The van der Waals surface area contributed by atoms with Crippen molar-refractivity contribution in [1.82, 2.24) is 0 Å². The second-order valence-corrected chi connectivity index (χ2v) is 5.35. The van der Waals surface area contributed by atoms with Gasteiger partial charge in [0.25, 0.3) is 0 Å². The summed E-state index contributed by atoms with van der Waals surface area (Å²) >= 11 is 0. The molecule has 0 saturated carbocycles. The second kappa shape index (κ2) is 8.82. The highest BCUT2D eigenvalue weighted by atomic mass is 16.5. The largest absolute Gasteiger partial charge is 0.466 e. The number of anilines is 1. The number of rotatable bonds is 7. The molecule has 2 aromatic carbocycles. The van der Waals surface area contributed by atoms with E-state index in [4.69, 9.17) is 12.6 Å². The molecule has 25 heavy (non-hydrogen) atoms. The van der Waals surface area contributed by atoms with Crippen LogP contribution in [0.25, 0.3) is 0 Å². The lowest BCUT2D eigenvalue weighted by Crippen LogP contribution is -2.17. The molecule has 5 nitrogen and oxygen atoms in total. The molecule has 2 rings (SSSR count). The van der Waals surface area contributed by atoms with E-state index < -0.39 is 5.97 Å². The molecular formula is C19H18BNO4. The molecule has 0 heterocycles. The van der Waals surface area contributed by atoms with Crippen LogP contribution in [0.1, 0.15) is 35.7 Å². The van der Waals surface area contributed by atoms with Gasteiger partial charge in [-0.2, -0.15) is 0 Å². The third-order valence-corrected chi connectivity index (χ3v) is 3.46. The summed E-state index contributed by atoms with van der Waals surface area (Å²) in [5, 5.41) is 2.67. The van der Waals surface area contributed by atoms with Crippen LogP contribution in [-0.2, 0) is 14.3 Å². The average Bonchev–Trinajstić information content (AvgIpc) is 2.60. The van der Waals surface area contributed by atoms with Gasteiger partial charge in [0.15, 0.2) is 5.78 Å². The molecule has 0 atom stereocenters. The highest BCUT2D eigenvalue weighted by molar-refractivity contribution is 6.33. The maximum absolute atomic E-state index is 12.7. The molecule has 0 aliphatic heterocycles. The highest BCUT2D eigenvalue weighted by Gasteiger charge is 2.15. The van der Waals surface area contributed by atoms with E-state index in [1.54, 1.807) is 55.5 Å².